The molecule has 0 aliphatic rings. The molecule has 0 aliphatic heterocycles. The van der Waals surface area contributed by atoms with Gasteiger partial charge in [0.1, 0.15) is 0 Å². The lowest BCUT2D eigenvalue weighted by Crippen LogP contribution is -2.32. The molecule has 0 unspecified atom stereocenters. The van der Waals surface area contributed by atoms with E-state index >= 15 is 0 Å². The highest BCUT2D eigenvalue weighted by Gasteiger charge is 2.40. The first kappa shape index (κ1) is 81.1. The number of aromatic nitrogens is 8. The smallest absolute Gasteiger partial charge is 0.266 e. The Kier molecular flexibility index (Phi) is 17.5. The third kappa shape index (κ3) is 11.9. The number of benzene rings is 12. The molecule has 20 rings (SSSR count). The molecule has 20 aromatic rings. The van der Waals surface area contributed by atoms with Crippen molar-refractivity contribution in [2.24, 2.45) is 0 Å². The summed E-state index contributed by atoms with van der Waals surface area (Å²) >= 11 is 0. The fourth-order valence-electron chi connectivity index (χ4n) is 18.7. The summed E-state index contributed by atoms with van der Waals surface area (Å²) < 4.78 is 7.60. The molecule has 8 aromatic heterocycles. The Morgan fingerprint density at radius 2 is 0.217 bits per heavy atom. The zero-order chi connectivity index (χ0) is 91.1. The number of hydrogen-bond donors (Lipinski definition) is 0. The van der Waals surface area contributed by atoms with Crippen molar-refractivity contribution in [3.05, 3.63) is 453 Å². The van der Waals surface area contributed by atoms with E-state index in [0.29, 0.717) is 22.3 Å². The lowest BCUT2D eigenvalue weighted by molar-refractivity contribution is 0.590. The molecule has 0 spiro atoms. The molecule has 0 bridgehead atoms. The Morgan fingerprint density at radius 1 is 0.132 bits per heavy atom. The van der Waals surface area contributed by atoms with Gasteiger partial charge in [-0.05, 0) is 212 Å². The van der Waals surface area contributed by atoms with E-state index in [-0.39, 0.29) is 153 Å². The van der Waals surface area contributed by atoms with Gasteiger partial charge in [0, 0.05) is 0 Å². The molecule has 0 saturated heterocycles. The van der Waals surface area contributed by atoms with Crippen LogP contribution in [0.5, 0.6) is 0 Å². The summed E-state index contributed by atoms with van der Waals surface area (Å²) in [5, 5.41) is -1.98. The molecule has 24 heteroatoms. The Balaban J connectivity index is 0.768. The average Bonchev–Trinajstić information content (AvgIpc) is 1.52. The standard InChI is InChI=1S/C105H76N8O16/c1-101(2,3)53-13-29-61(30-14-53)106-85(114)69-45-77-78(46-70(69)86(106)115)94(123)110(93(77)122)65-37-21-57(22-38-65)105(58-23-39-66(40-24-58)111-95(124)79-47-71-72(48-80(79)96(111)125)88(117)107(87(71)116)62-31-15-54(16-32-62)102(4,5)6,59-25-41-67(42-26-59)112-97(126)81-49-73-74(50-82(81)98(112)127)90(119)108(89(73)118)63-33-17-55(18-34-63)103(7,8)9)60-27-43-68(44-28-60)113-99(128)83-51-75-76(52-84(83)100(113)129)92(121)109(91(75)120)64-35-19-56(20-36-64)104(10,11)12/h13-52H,1-12H3. The molecule has 0 fully saturated rings. The van der Waals surface area contributed by atoms with E-state index in [4.69, 9.17) is 0 Å². The van der Waals surface area contributed by atoms with E-state index in [2.05, 4.69) is 0 Å². The second-order valence-electron chi connectivity index (χ2n) is 37.5. The van der Waals surface area contributed by atoms with Gasteiger partial charge in [0.25, 0.3) is 88.9 Å². The van der Waals surface area contributed by atoms with Crippen LogP contribution in [0, 0.1) is 0 Å². The van der Waals surface area contributed by atoms with Gasteiger partial charge in [-0.15, -0.1) is 0 Å². The van der Waals surface area contributed by atoms with Crippen LogP contribution >= 0.6 is 0 Å². The van der Waals surface area contributed by atoms with Crippen LogP contribution in [0.4, 0.5) is 0 Å². The number of hydrogen-bond acceptors (Lipinski definition) is 16. The van der Waals surface area contributed by atoms with Gasteiger partial charge in [-0.1, -0.05) is 180 Å². The first-order valence-electron chi connectivity index (χ1n) is 41.8. The minimum atomic E-state index is -1.77. The first-order chi connectivity index (χ1) is 61.1. The van der Waals surface area contributed by atoms with Crippen LogP contribution in [0.1, 0.15) is 128 Å². The van der Waals surface area contributed by atoms with Gasteiger partial charge < -0.3 is 0 Å². The van der Waals surface area contributed by atoms with Crippen LogP contribution < -0.4 is 88.9 Å². The van der Waals surface area contributed by atoms with Crippen LogP contribution in [0.2, 0.25) is 0 Å². The molecular formula is C105H76N8O16. The van der Waals surface area contributed by atoms with E-state index in [9.17, 15) is 76.7 Å². The zero-order valence-corrected chi connectivity index (χ0v) is 71.7. The van der Waals surface area contributed by atoms with Gasteiger partial charge in [-0.3, -0.25) is 76.7 Å². The molecule has 24 nitrogen and oxygen atoms in total. The van der Waals surface area contributed by atoms with Gasteiger partial charge in [-0.2, -0.15) is 0 Å². The third-order valence-corrected chi connectivity index (χ3v) is 25.8. The van der Waals surface area contributed by atoms with E-state index in [1.54, 1.807) is 97.1 Å². The molecule has 0 saturated carbocycles. The van der Waals surface area contributed by atoms with E-state index in [1.807, 2.05) is 132 Å². The van der Waals surface area contributed by atoms with Gasteiger partial charge in [-0.25, -0.2) is 36.5 Å². The van der Waals surface area contributed by atoms with Gasteiger partial charge in [0.05, 0.1) is 137 Å². The monoisotopic (exact) mass is 1700 g/mol. The second kappa shape index (κ2) is 27.9. The largest absolute Gasteiger partial charge is 0.268 e. The lowest BCUT2D eigenvalue weighted by atomic mass is 9.65. The Labute approximate surface area is 727 Å². The van der Waals surface area contributed by atoms with Crippen LogP contribution in [-0.2, 0) is 27.1 Å². The van der Waals surface area contributed by atoms with E-state index in [0.717, 1.165) is 58.8 Å². The summed E-state index contributed by atoms with van der Waals surface area (Å²) in [5.41, 5.74) is -8.66. The number of rotatable bonds is 12. The maximum absolute atomic E-state index is 15.0. The molecule has 129 heavy (non-hydrogen) atoms. The highest BCUT2D eigenvalue weighted by molar-refractivity contribution is 6.02. The van der Waals surface area contributed by atoms with Crippen molar-refractivity contribution in [1.29, 1.82) is 0 Å². The van der Waals surface area contributed by atoms with E-state index in [1.165, 1.54) is 97.1 Å². The third-order valence-electron chi connectivity index (χ3n) is 25.8. The summed E-state index contributed by atoms with van der Waals surface area (Å²) in [6.45, 7) is 24.3. The molecular weight excluding hydrogens is 1630 g/mol. The zero-order valence-electron chi connectivity index (χ0n) is 71.7. The van der Waals surface area contributed by atoms with Crippen LogP contribution in [0.3, 0.4) is 0 Å². The van der Waals surface area contributed by atoms with Crippen molar-refractivity contribution >= 4 is 86.2 Å². The highest BCUT2D eigenvalue weighted by Crippen LogP contribution is 2.47. The van der Waals surface area contributed by atoms with Gasteiger partial charge in [0.15, 0.2) is 0 Å². The van der Waals surface area contributed by atoms with Crippen LogP contribution in [0.15, 0.2) is 319 Å². The van der Waals surface area contributed by atoms with Crippen molar-refractivity contribution in [2.45, 2.75) is 110 Å². The predicted octanol–water partition coefficient (Wildman–Crippen LogP) is 12.1. The summed E-state index contributed by atoms with van der Waals surface area (Å²) in [6, 6.07) is 62.6. The Morgan fingerprint density at radius 3 is 0.302 bits per heavy atom. The summed E-state index contributed by atoms with van der Waals surface area (Å²) in [5.74, 6) is 0. The molecule has 8 heterocycles. The Bertz CT molecular complexity index is 7880. The molecule has 0 N–H and O–H groups in total. The fourth-order valence-corrected chi connectivity index (χ4v) is 18.7. The van der Waals surface area contributed by atoms with Gasteiger partial charge in [0.2, 0.25) is 0 Å². The summed E-state index contributed by atoms with van der Waals surface area (Å²) in [4.78, 5) is 234. The van der Waals surface area contributed by atoms with Gasteiger partial charge >= 0.3 is 0 Å². The molecule has 12 aromatic carbocycles. The highest BCUT2D eigenvalue weighted by atomic mass is 16.2. The van der Waals surface area contributed by atoms with Crippen LogP contribution in [-0.4, -0.2) is 36.5 Å². The van der Waals surface area contributed by atoms with Crippen molar-refractivity contribution in [3.8, 4) is 45.5 Å². The van der Waals surface area contributed by atoms with Crippen molar-refractivity contribution in [3.63, 3.8) is 0 Å². The quantitative estimate of drug-likeness (QED) is 0.103. The van der Waals surface area contributed by atoms with Crippen molar-refractivity contribution < 1.29 is 0 Å². The topological polar surface area (TPSA) is 313 Å². The first-order valence-corrected chi connectivity index (χ1v) is 41.8. The minimum absolute atomic E-state index is 0.0191. The molecule has 0 amide bonds. The van der Waals surface area contributed by atoms with Crippen LogP contribution in [0.25, 0.3) is 132 Å². The average molecular weight is 1710 g/mol. The molecule has 0 aliphatic carbocycles. The fraction of sp³-hybridized carbons (Fsp3) is 0.162. The number of nitrogens with zero attached hydrogens (tertiary/aromatic N) is 8. The second-order valence-corrected chi connectivity index (χ2v) is 37.5. The normalized spacial score (nSPS) is 12.7. The minimum Gasteiger partial charge on any atom is -0.268 e. The lowest BCUT2D eigenvalue weighted by Gasteiger charge is -2.37. The predicted molar refractivity (Wildman–Crippen MR) is 504 cm³/mol. The van der Waals surface area contributed by atoms with E-state index < -0.39 is 94.4 Å². The SMILES string of the molecule is CC(C)(C)c1ccc(-n2c(=O)c3cc4c(=O)n(-c5ccc(C(c6ccc(-n7c(=O)c8cc9c(=O)n(-c%10ccc(C(C)(C)C)cc%10)c(=O)c9cc8c7=O)cc6)(c6ccc(-n7c(=O)c8cc9c(=O)n(-c%10ccc(C(C)(C)C)cc%10)c(=O)c9cc8c7=O)cc6)c6ccc(-n7c(=O)c8cc9c(=O)n(-c%10ccc(C(C)(C)C)cc%10)c(=O)c9cc8c7=O)cc6)cc5)c(=O)c4cc3c2=O)cc1. The maximum atomic E-state index is 15.0. The van der Waals surface area contributed by atoms with Crippen molar-refractivity contribution in [1.82, 2.24) is 36.5 Å². The maximum Gasteiger partial charge on any atom is 0.266 e. The molecule has 0 radical (unpaired) electrons. The van der Waals surface area contributed by atoms with Crippen molar-refractivity contribution in [2.75, 3.05) is 0 Å². The summed E-state index contributed by atoms with van der Waals surface area (Å²) in [7, 11) is 0. The Hall–Kier alpha value is -16.2. The number of fused-ring (bicyclic) bond motifs is 8. The summed E-state index contributed by atoms with van der Waals surface area (Å²) in [6.07, 6.45) is 0. The molecule has 632 valence electrons. The molecule has 0 atom stereocenters.